The van der Waals surface area contributed by atoms with Crippen LogP contribution in [0.4, 0.5) is 11.4 Å². The quantitative estimate of drug-likeness (QED) is 0.0771. The van der Waals surface area contributed by atoms with E-state index in [1.54, 1.807) is 18.7 Å². The van der Waals surface area contributed by atoms with Crippen molar-refractivity contribution in [3.8, 4) is 11.5 Å². The summed E-state index contributed by atoms with van der Waals surface area (Å²) in [5.74, 6) is 1.29. The van der Waals surface area contributed by atoms with Crippen LogP contribution in [-0.4, -0.2) is 102 Å². The Morgan fingerprint density at radius 2 is 1.60 bits per heavy atom. The highest BCUT2D eigenvalue weighted by molar-refractivity contribution is 6.30. The molecule has 15 heteroatoms. The van der Waals surface area contributed by atoms with Gasteiger partial charge >= 0.3 is 5.69 Å². The predicted octanol–water partition coefficient (Wildman–Crippen LogP) is 8.00. The lowest BCUT2D eigenvalue weighted by Crippen LogP contribution is -2.54. The number of aromatic nitrogens is 2. The van der Waals surface area contributed by atoms with Crippen molar-refractivity contribution in [2.75, 3.05) is 56.7 Å². The first-order chi connectivity index (χ1) is 33.8. The number of ether oxygens (including phenoxy) is 2. The number of hydrogen-bond acceptors (Lipinski definition) is 9. The number of piperidine rings is 1. The lowest BCUT2D eigenvalue weighted by molar-refractivity contribution is -0.138. The van der Waals surface area contributed by atoms with Crippen LogP contribution in [0.15, 0.2) is 83.7 Å². The van der Waals surface area contributed by atoms with Gasteiger partial charge in [0.2, 0.25) is 23.6 Å². The number of halogens is 1. The summed E-state index contributed by atoms with van der Waals surface area (Å²) in [7, 11) is 5.51. The molecule has 2 saturated heterocycles. The molecule has 4 aromatic carbocycles. The van der Waals surface area contributed by atoms with Crippen molar-refractivity contribution in [1.82, 2.24) is 24.3 Å². The van der Waals surface area contributed by atoms with Crippen LogP contribution in [0.1, 0.15) is 106 Å². The summed E-state index contributed by atoms with van der Waals surface area (Å²) in [4.78, 5) is 73.9. The largest absolute Gasteiger partial charge is 0.493 e. The topological polar surface area (TPSA) is 139 Å². The van der Waals surface area contributed by atoms with Crippen molar-refractivity contribution >= 4 is 57.6 Å². The Labute approximate surface area is 415 Å². The molecule has 1 N–H and O–H groups in total. The van der Waals surface area contributed by atoms with Gasteiger partial charge in [-0.2, -0.15) is 0 Å². The molecule has 370 valence electrons. The number of nitrogens with one attached hydrogen (secondary N) is 1. The number of carbonyl (C=O) groups excluding carboxylic acids is 4. The third kappa shape index (κ3) is 10.2. The number of para-hydroxylation sites is 1. The zero-order valence-corrected chi connectivity index (χ0v) is 41.9. The fourth-order valence-electron chi connectivity index (χ4n) is 11.4. The molecule has 0 bridgehead atoms. The maximum absolute atomic E-state index is 14.1. The average Bonchev–Trinajstić information content (AvgIpc) is 3.60. The molecule has 70 heavy (non-hydrogen) atoms. The number of unbranched alkanes of at least 4 members (excludes halogenated alkanes) is 2. The Kier molecular flexibility index (Phi) is 14.7. The number of benzene rings is 4. The molecule has 0 spiro atoms. The summed E-state index contributed by atoms with van der Waals surface area (Å²) in [5.41, 5.74) is 7.14. The van der Waals surface area contributed by atoms with Crippen molar-refractivity contribution in [2.24, 2.45) is 13.0 Å². The first-order valence-corrected chi connectivity index (χ1v) is 25.5. The fraction of sp³-hybridized carbons (Fsp3) is 0.473. The lowest BCUT2D eigenvalue weighted by atomic mass is 9.84. The minimum atomic E-state index is -0.703. The normalized spacial score (nSPS) is 21.1. The van der Waals surface area contributed by atoms with Crippen LogP contribution in [0.3, 0.4) is 0 Å². The van der Waals surface area contributed by atoms with E-state index in [1.165, 1.54) is 4.57 Å². The van der Waals surface area contributed by atoms with Crippen LogP contribution < -0.4 is 30.3 Å². The summed E-state index contributed by atoms with van der Waals surface area (Å²) in [6.07, 6.45) is 8.68. The van der Waals surface area contributed by atoms with Gasteiger partial charge in [0.15, 0.2) is 11.5 Å². The molecule has 1 aliphatic carbocycles. The molecule has 1 saturated carbocycles. The Morgan fingerprint density at radius 3 is 2.30 bits per heavy atom. The average molecular weight is 973 g/mol. The maximum Gasteiger partial charge on any atom is 0.329 e. The molecule has 5 aromatic rings. The highest BCUT2D eigenvalue weighted by Crippen LogP contribution is 2.44. The fourth-order valence-corrected chi connectivity index (χ4v) is 11.5. The van der Waals surface area contributed by atoms with Gasteiger partial charge < -0.3 is 24.2 Å². The Morgan fingerprint density at radius 1 is 0.843 bits per heavy atom. The van der Waals surface area contributed by atoms with E-state index in [4.69, 9.17) is 21.1 Å². The Bertz CT molecular complexity index is 2800. The van der Waals surface area contributed by atoms with Gasteiger partial charge in [0.1, 0.15) is 6.04 Å². The monoisotopic (exact) mass is 971 g/mol. The number of anilines is 2. The highest BCUT2D eigenvalue weighted by Gasteiger charge is 2.37. The maximum atomic E-state index is 14.1. The summed E-state index contributed by atoms with van der Waals surface area (Å²) in [6.45, 7) is 7.79. The van der Waals surface area contributed by atoms with Gasteiger partial charge in [0, 0.05) is 69.1 Å². The molecule has 2 atom stereocenters. The van der Waals surface area contributed by atoms with Crippen LogP contribution >= 0.6 is 11.6 Å². The van der Waals surface area contributed by atoms with Crippen LogP contribution in [0.2, 0.25) is 5.02 Å². The molecule has 14 nitrogen and oxygen atoms in total. The number of imidazole rings is 1. The predicted molar refractivity (Wildman–Crippen MR) is 273 cm³/mol. The second-order valence-electron chi connectivity index (χ2n) is 20.0. The molecule has 3 fully saturated rings. The minimum Gasteiger partial charge on any atom is -0.493 e. The van der Waals surface area contributed by atoms with Crippen LogP contribution in [0.25, 0.3) is 11.0 Å². The van der Waals surface area contributed by atoms with Gasteiger partial charge in [0.05, 0.1) is 43.3 Å². The van der Waals surface area contributed by atoms with E-state index in [9.17, 15) is 24.0 Å². The molecular formula is C55H66ClN7O7. The number of hydrogen-bond donors (Lipinski definition) is 1. The van der Waals surface area contributed by atoms with Crippen molar-refractivity contribution in [3.05, 3.63) is 117 Å². The second kappa shape index (κ2) is 21.1. The lowest BCUT2D eigenvalue weighted by Gasteiger charge is -2.42. The van der Waals surface area contributed by atoms with Crippen LogP contribution in [0.5, 0.6) is 11.5 Å². The number of fused-ring (bicyclic) bond motifs is 2. The number of piperazine rings is 1. The Balaban J connectivity index is 0.745. The summed E-state index contributed by atoms with van der Waals surface area (Å²) in [5, 5.41) is 3.01. The molecule has 0 radical (unpaired) electrons. The summed E-state index contributed by atoms with van der Waals surface area (Å²) < 4.78 is 15.0. The molecular weight excluding hydrogens is 906 g/mol. The zero-order chi connectivity index (χ0) is 49.2. The van der Waals surface area contributed by atoms with Crippen molar-refractivity contribution < 1.29 is 28.7 Å². The van der Waals surface area contributed by atoms with E-state index in [0.29, 0.717) is 47.0 Å². The van der Waals surface area contributed by atoms with Crippen LogP contribution in [0, 0.1) is 5.92 Å². The first kappa shape index (κ1) is 48.9. The van der Waals surface area contributed by atoms with E-state index in [1.807, 2.05) is 78.2 Å². The zero-order valence-electron chi connectivity index (χ0n) is 41.1. The van der Waals surface area contributed by atoms with Gasteiger partial charge in [-0.05, 0) is 148 Å². The van der Waals surface area contributed by atoms with Crippen molar-refractivity contribution in [2.45, 2.75) is 109 Å². The molecule has 1 aromatic heterocycles. The molecule has 4 heterocycles. The van der Waals surface area contributed by atoms with Crippen molar-refractivity contribution in [3.63, 3.8) is 0 Å². The second-order valence-corrected chi connectivity index (χ2v) is 20.4. The molecule has 2 unspecified atom stereocenters. The minimum absolute atomic E-state index is 0.00432. The SMILES string of the molecule is COc1cc2c(cc1OC(C)C)C(c1ccc(Cl)cc1)N(c1ccc(N(C)C[C@H]3CC[C@H](N4CCN(CCCCCc5cccc6c5n(C)c(=O)n6C5CCC(=O)NC5=O)C(=O)C4)CC3)cc1)C(=O)C2. The molecule has 4 aliphatic rings. The van der Waals surface area contributed by atoms with Crippen molar-refractivity contribution in [1.29, 1.82) is 0 Å². The van der Waals surface area contributed by atoms with Gasteiger partial charge in [-0.25, -0.2) is 4.79 Å². The first-order valence-electron chi connectivity index (χ1n) is 25.1. The number of imide groups is 1. The number of carbonyl (C=O) groups is 4. The number of aryl methyl sites for hydroxylation is 2. The van der Waals surface area contributed by atoms with E-state index in [0.717, 1.165) is 117 Å². The number of methoxy groups -OCH3 is 1. The summed E-state index contributed by atoms with van der Waals surface area (Å²) in [6, 6.07) is 25.2. The van der Waals surface area contributed by atoms with E-state index in [2.05, 4.69) is 46.4 Å². The van der Waals surface area contributed by atoms with Gasteiger partial charge in [-0.1, -0.05) is 42.3 Å². The third-order valence-electron chi connectivity index (χ3n) is 15.0. The van der Waals surface area contributed by atoms with E-state index >= 15 is 0 Å². The van der Waals surface area contributed by atoms with E-state index < -0.39 is 11.9 Å². The molecule has 3 aliphatic heterocycles. The Hall–Kier alpha value is -6.12. The number of rotatable bonds is 16. The molecule has 4 amide bonds. The number of amides is 4. The van der Waals surface area contributed by atoms with Gasteiger partial charge in [-0.15, -0.1) is 0 Å². The molecule has 9 rings (SSSR count). The van der Waals surface area contributed by atoms with Gasteiger partial charge in [0.25, 0.3) is 0 Å². The highest BCUT2D eigenvalue weighted by atomic mass is 35.5. The smallest absolute Gasteiger partial charge is 0.329 e. The van der Waals surface area contributed by atoms with Crippen LogP contribution in [-0.2, 0) is 39.1 Å². The standard InChI is InChI=1S/C55H66ClN7O7/c1-35(2)70-48-32-44-39(30-47(48)69-5)31-50(65)62(52(44)38-15-17-40(56)18-16-38)43-23-21-41(22-24-43)58(3)33-36-13-19-42(20-14-36)61-29-28-60(51(66)34-61)27-8-6-7-10-37-11-9-12-45-53(37)59(4)55(68)63(45)46-25-26-49(64)57-54(46)67/h9,11-12,15-18,21-24,30,32,35-36,42,46,52H,6-8,10,13-14,19-20,25-29,31,33-34H2,1-5H3,(H,57,64,67)/t36-,42-,46?,52?. The third-order valence-corrected chi connectivity index (χ3v) is 15.3. The van der Waals surface area contributed by atoms with E-state index in [-0.39, 0.29) is 48.4 Å². The summed E-state index contributed by atoms with van der Waals surface area (Å²) >= 11 is 6.34. The number of nitrogens with zero attached hydrogens (tertiary/aromatic N) is 6. The van der Waals surface area contributed by atoms with Gasteiger partial charge in [-0.3, -0.25) is 38.5 Å².